The molecule has 0 aromatic heterocycles. The number of anilines is 1. The van der Waals surface area contributed by atoms with Gasteiger partial charge < -0.3 is 20.3 Å². The highest BCUT2D eigenvalue weighted by Gasteiger charge is 2.00. The average molecular weight is 327 g/mol. The predicted molar refractivity (Wildman–Crippen MR) is 94.6 cm³/mol. The molecule has 1 aromatic rings. The zero-order valence-corrected chi connectivity index (χ0v) is 14.0. The highest BCUT2D eigenvalue weighted by atomic mass is 32.1. The lowest BCUT2D eigenvalue weighted by molar-refractivity contribution is 0.412. The second-order valence-electron chi connectivity index (χ2n) is 4.50. The Hall–Kier alpha value is -1.64. The van der Waals surface area contributed by atoms with Crippen LogP contribution in [0.2, 0.25) is 0 Å². The lowest BCUT2D eigenvalue weighted by Gasteiger charge is -2.15. The first kappa shape index (κ1) is 17.4. The summed E-state index contributed by atoms with van der Waals surface area (Å²) < 4.78 is 5.14. The summed E-state index contributed by atoms with van der Waals surface area (Å²) in [6.45, 7) is 1.66. The summed E-state index contributed by atoms with van der Waals surface area (Å²) in [4.78, 5) is 2.07. The van der Waals surface area contributed by atoms with E-state index < -0.39 is 0 Å². The summed E-state index contributed by atoms with van der Waals surface area (Å²) >= 11 is 10.3. The fourth-order valence-corrected chi connectivity index (χ4v) is 1.74. The van der Waals surface area contributed by atoms with E-state index in [1.165, 1.54) is 0 Å². The molecular formula is C13H21N5OS2. The molecule has 0 atom stereocenters. The van der Waals surface area contributed by atoms with Crippen molar-refractivity contribution < 1.29 is 4.74 Å². The van der Waals surface area contributed by atoms with E-state index in [-0.39, 0.29) is 0 Å². The van der Waals surface area contributed by atoms with Gasteiger partial charge >= 0.3 is 0 Å². The molecule has 0 aliphatic heterocycles. The minimum atomic E-state index is 0.417. The molecular weight excluding hydrogens is 306 g/mol. The normalized spacial score (nSPS) is 9.90. The van der Waals surface area contributed by atoms with Crippen LogP contribution in [0.5, 0.6) is 5.75 Å². The third-order valence-corrected chi connectivity index (χ3v) is 2.91. The molecule has 0 saturated carbocycles. The van der Waals surface area contributed by atoms with Crippen LogP contribution >= 0.6 is 24.4 Å². The first-order valence-electron chi connectivity index (χ1n) is 6.41. The summed E-state index contributed by atoms with van der Waals surface area (Å²) in [7, 11) is 5.63. The molecule has 4 N–H and O–H groups in total. The van der Waals surface area contributed by atoms with Gasteiger partial charge in [-0.3, -0.25) is 10.9 Å². The van der Waals surface area contributed by atoms with Gasteiger partial charge in [-0.25, -0.2) is 0 Å². The van der Waals surface area contributed by atoms with E-state index in [1.54, 1.807) is 7.11 Å². The van der Waals surface area contributed by atoms with Crippen LogP contribution < -0.4 is 26.2 Å². The number of ether oxygens (including phenoxy) is 1. The number of hydrazine groups is 1. The van der Waals surface area contributed by atoms with Crippen LogP contribution in [-0.2, 0) is 0 Å². The van der Waals surface area contributed by atoms with Gasteiger partial charge in [0, 0.05) is 24.8 Å². The molecule has 0 unspecified atom stereocenters. The smallest absolute Gasteiger partial charge is 0.189 e. The number of nitrogens with zero attached hydrogens (tertiary/aromatic N) is 1. The number of benzene rings is 1. The molecule has 0 amide bonds. The summed E-state index contributed by atoms with van der Waals surface area (Å²) in [6.07, 6.45) is 0. The van der Waals surface area contributed by atoms with Crippen LogP contribution in [0.25, 0.3) is 0 Å². The topological polar surface area (TPSA) is 60.6 Å². The van der Waals surface area contributed by atoms with Crippen molar-refractivity contribution in [1.29, 1.82) is 0 Å². The van der Waals surface area contributed by atoms with E-state index in [9.17, 15) is 0 Å². The highest BCUT2D eigenvalue weighted by Crippen LogP contribution is 2.16. The van der Waals surface area contributed by atoms with Crippen molar-refractivity contribution in [2.24, 2.45) is 0 Å². The van der Waals surface area contributed by atoms with Crippen molar-refractivity contribution in [2.75, 3.05) is 39.6 Å². The summed E-state index contributed by atoms with van der Waals surface area (Å²) in [6, 6.07) is 7.49. The molecule has 6 nitrogen and oxygen atoms in total. The Morgan fingerprint density at radius 2 is 1.90 bits per heavy atom. The van der Waals surface area contributed by atoms with Crippen molar-refractivity contribution >= 4 is 40.3 Å². The Morgan fingerprint density at radius 3 is 2.57 bits per heavy atom. The molecule has 0 heterocycles. The van der Waals surface area contributed by atoms with Gasteiger partial charge in [-0.05, 0) is 50.7 Å². The summed E-state index contributed by atoms with van der Waals surface area (Å²) in [5, 5.41) is 7.00. The van der Waals surface area contributed by atoms with Crippen molar-refractivity contribution in [3.8, 4) is 5.75 Å². The van der Waals surface area contributed by atoms with Gasteiger partial charge in [0.1, 0.15) is 5.75 Å². The maximum atomic E-state index is 5.17. The van der Waals surface area contributed by atoms with Crippen molar-refractivity contribution in [1.82, 2.24) is 21.1 Å². The molecule has 1 rings (SSSR count). The molecule has 8 heteroatoms. The van der Waals surface area contributed by atoms with E-state index in [0.717, 1.165) is 24.5 Å². The second kappa shape index (κ2) is 9.32. The monoisotopic (exact) mass is 327 g/mol. The molecule has 21 heavy (non-hydrogen) atoms. The number of nitrogens with one attached hydrogen (secondary N) is 4. The quantitative estimate of drug-likeness (QED) is 0.471. The Balaban J connectivity index is 2.28. The molecule has 0 aliphatic carbocycles. The van der Waals surface area contributed by atoms with Gasteiger partial charge in [-0.2, -0.15) is 0 Å². The van der Waals surface area contributed by atoms with E-state index >= 15 is 0 Å². The number of rotatable bonds is 5. The van der Waals surface area contributed by atoms with Gasteiger partial charge in [-0.15, -0.1) is 0 Å². The first-order chi connectivity index (χ1) is 10.0. The molecule has 1 aromatic carbocycles. The standard InChI is InChI=1S/C13H21N5OS2/c1-18(2)8-7-14-12(20)16-17-13(21)15-10-5-4-6-11(9-10)19-3/h4-6,9H,7-8H2,1-3H3,(H2,14,16,20)(H2,15,17,21). The zero-order chi connectivity index (χ0) is 15.7. The Morgan fingerprint density at radius 1 is 1.19 bits per heavy atom. The third kappa shape index (κ3) is 7.64. The summed E-state index contributed by atoms with van der Waals surface area (Å²) in [5.41, 5.74) is 6.47. The summed E-state index contributed by atoms with van der Waals surface area (Å²) in [5.74, 6) is 0.761. The molecule has 0 aliphatic rings. The number of hydrogen-bond donors (Lipinski definition) is 4. The fourth-order valence-electron chi connectivity index (χ4n) is 1.41. The maximum Gasteiger partial charge on any atom is 0.189 e. The van der Waals surface area contributed by atoms with Crippen LogP contribution in [0.3, 0.4) is 0 Å². The van der Waals surface area contributed by atoms with E-state index in [0.29, 0.717) is 10.2 Å². The molecule has 0 spiro atoms. The van der Waals surface area contributed by atoms with E-state index in [2.05, 4.69) is 26.4 Å². The van der Waals surface area contributed by atoms with Crippen LogP contribution in [0, 0.1) is 0 Å². The van der Waals surface area contributed by atoms with Crippen LogP contribution in [-0.4, -0.2) is 49.4 Å². The Bertz CT molecular complexity index is 481. The largest absolute Gasteiger partial charge is 0.497 e. The lowest BCUT2D eigenvalue weighted by atomic mass is 10.3. The molecule has 0 saturated heterocycles. The van der Waals surface area contributed by atoms with E-state index in [4.69, 9.17) is 29.2 Å². The van der Waals surface area contributed by atoms with Crippen molar-refractivity contribution in [2.45, 2.75) is 0 Å². The number of likely N-dealkylation sites (N-methyl/N-ethyl adjacent to an activating group) is 1. The minimum absolute atomic E-state index is 0.417. The SMILES string of the molecule is COc1cccc(NC(=S)NNC(=S)NCCN(C)C)c1. The van der Waals surface area contributed by atoms with Gasteiger partial charge in [0.25, 0.3) is 0 Å². The van der Waals surface area contributed by atoms with Gasteiger partial charge in [0.15, 0.2) is 10.2 Å². The zero-order valence-electron chi connectivity index (χ0n) is 12.4. The number of thiocarbonyl (C=S) groups is 2. The maximum absolute atomic E-state index is 5.17. The van der Waals surface area contributed by atoms with Crippen LogP contribution in [0.1, 0.15) is 0 Å². The Kier molecular flexibility index (Phi) is 7.73. The molecule has 0 radical (unpaired) electrons. The van der Waals surface area contributed by atoms with Gasteiger partial charge in [0.05, 0.1) is 7.11 Å². The molecule has 0 fully saturated rings. The predicted octanol–water partition coefficient (Wildman–Crippen LogP) is 0.922. The third-order valence-electron chi connectivity index (χ3n) is 2.46. The van der Waals surface area contributed by atoms with Crippen molar-refractivity contribution in [3.63, 3.8) is 0 Å². The van der Waals surface area contributed by atoms with Gasteiger partial charge in [-0.1, -0.05) is 6.07 Å². The van der Waals surface area contributed by atoms with Gasteiger partial charge in [0.2, 0.25) is 0 Å². The second-order valence-corrected chi connectivity index (χ2v) is 5.31. The Labute approximate surface area is 136 Å². The number of hydrogen-bond acceptors (Lipinski definition) is 4. The number of methoxy groups -OCH3 is 1. The van der Waals surface area contributed by atoms with Crippen LogP contribution in [0.4, 0.5) is 5.69 Å². The molecule has 116 valence electrons. The molecule has 0 bridgehead atoms. The fraction of sp³-hybridized carbons (Fsp3) is 0.385. The lowest BCUT2D eigenvalue weighted by Crippen LogP contribution is -2.49. The minimum Gasteiger partial charge on any atom is -0.497 e. The first-order valence-corrected chi connectivity index (χ1v) is 7.22. The van der Waals surface area contributed by atoms with Crippen LogP contribution in [0.15, 0.2) is 24.3 Å². The average Bonchev–Trinajstić information content (AvgIpc) is 2.45. The highest BCUT2D eigenvalue weighted by molar-refractivity contribution is 7.80. The van der Waals surface area contributed by atoms with Crippen molar-refractivity contribution in [3.05, 3.63) is 24.3 Å². The van der Waals surface area contributed by atoms with E-state index in [1.807, 2.05) is 38.4 Å².